The Hall–Kier alpha value is -0.830. The zero-order chi connectivity index (χ0) is 8.59. The zero-order valence-corrected chi connectivity index (χ0v) is 7.42. The van der Waals surface area contributed by atoms with Gasteiger partial charge in [-0.3, -0.25) is 15.3 Å². The molecule has 0 amide bonds. The number of aliphatic imine (C=N–C) groups is 1. The monoisotopic (exact) mass is 154 g/mol. The van der Waals surface area contributed by atoms with Crippen LogP contribution >= 0.6 is 0 Å². The first-order valence-corrected chi connectivity index (χ1v) is 3.75. The lowest BCUT2D eigenvalue weighted by Gasteiger charge is -2.29. The summed E-state index contributed by atoms with van der Waals surface area (Å²) in [5.74, 6) is 0. The van der Waals surface area contributed by atoms with Crippen LogP contribution in [0.15, 0.2) is 16.4 Å². The highest BCUT2D eigenvalue weighted by atomic mass is 16.5. The SMILES string of the molecule is CC1=NC(C)=C(C)N(O)C1C. The molecule has 3 heteroatoms. The van der Waals surface area contributed by atoms with E-state index in [1.54, 1.807) is 0 Å². The van der Waals surface area contributed by atoms with Crippen LogP contribution in [0.3, 0.4) is 0 Å². The largest absolute Gasteiger partial charge is 0.288 e. The van der Waals surface area contributed by atoms with Crippen molar-refractivity contribution in [3.8, 4) is 0 Å². The van der Waals surface area contributed by atoms with Crippen LogP contribution in [0.2, 0.25) is 0 Å². The lowest BCUT2D eigenvalue weighted by molar-refractivity contribution is -0.0706. The van der Waals surface area contributed by atoms with Gasteiger partial charge in [0.2, 0.25) is 0 Å². The Balaban J connectivity index is 3.01. The van der Waals surface area contributed by atoms with Gasteiger partial charge in [0, 0.05) is 5.71 Å². The van der Waals surface area contributed by atoms with Crippen molar-refractivity contribution >= 4 is 5.71 Å². The van der Waals surface area contributed by atoms with E-state index in [9.17, 15) is 5.21 Å². The molecular weight excluding hydrogens is 140 g/mol. The first kappa shape index (κ1) is 8.27. The number of hydrogen-bond acceptors (Lipinski definition) is 3. The van der Waals surface area contributed by atoms with Crippen LogP contribution in [0.5, 0.6) is 0 Å². The number of allylic oxidation sites excluding steroid dienone is 2. The predicted molar refractivity (Wildman–Crippen MR) is 44.6 cm³/mol. The van der Waals surface area contributed by atoms with Crippen LogP contribution in [0, 0.1) is 0 Å². The second kappa shape index (κ2) is 2.66. The summed E-state index contributed by atoms with van der Waals surface area (Å²) < 4.78 is 0. The van der Waals surface area contributed by atoms with Crippen LogP contribution in [0.1, 0.15) is 27.7 Å². The topological polar surface area (TPSA) is 35.8 Å². The van der Waals surface area contributed by atoms with Crippen molar-refractivity contribution < 1.29 is 5.21 Å². The molecule has 0 aromatic heterocycles. The Kier molecular flexibility index (Phi) is 2.00. The summed E-state index contributed by atoms with van der Waals surface area (Å²) in [7, 11) is 0. The van der Waals surface area contributed by atoms with Crippen molar-refractivity contribution in [2.45, 2.75) is 33.7 Å². The van der Waals surface area contributed by atoms with Gasteiger partial charge in [0.25, 0.3) is 0 Å². The second-order valence-corrected chi connectivity index (χ2v) is 2.94. The maximum Gasteiger partial charge on any atom is 0.0910 e. The molecule has 0 saturated carbocycles. The average molecular weight is 154 g/mol. The van der Waals surface area contributed by atoms with Gasteiger partial charge in [-0.25, -0.2) is 0 Å². The third-order valence-electron chi connectivity index (χ3n) is 2.18. The molecule has 0 bridgehead atoms. The summed E-state index contributed by atoms with van der Waals surface area (Å²) in [6.45, 7) is 7.61. The molecule has 0 radical (unpaired) electrons. The van der Waals surface area contributed by atoms with Crippen LogP contribution in [-0.2, 0) is 0 Å². The minimum atomic E-state index is 0.0127. The molecule has 0 spiro atoms. The predicted octanol–water partition coefficient (Wildman–Crippen LogP) is 1.79. The fourth-order valence-corrected chi connectivity index (χ4v) is 1.07. The van der Waals surface area contributed by atoms with Gasteiger partial charge in [-0.05, 0) is 27.7 Å². The van der Waals surface area contributed by atoms with Gasteiger partial charge in [-0.15, -0.1) is 0 Å². The quantitative estimate of drug-likeness (QED) is 0.577. The molecule has 1 rings (SSSR count). The molecule has 1 atom stereocenters. The Bertz CT molecular complexity index is 230. The van der Waals surface area contributed by atoms with Gasteiger partial charge >= 0.3 is 0 Å². The van der Waals surface area contributed by atoms with Crippen LogP contribution in [0.4, 0.5) is 0 Å². The number of hydroxylamine groups is 2. The molecular formula is C8H14N2O. The molecule has 0 aliphatic carbocycles. The minimum Gasteiger partial charge on any atom is -0.288 e. The molecule has 1 aliphatic heterocycles. The molecule has 1 aliphatic rings. The lowest BCUT2D eigenvalue weighted by Crippen LogP contribution is -2.36. The molecule has 3 nitrogen and oxygen atoms in total. The van der Waals surface area contributed by atoms with E-state index in [4.69, 9.17) is 0 Å². The lowest BCUT2D eigenvalue weighted by atomic mass is 10.1. The normalized spacial score (nSPS) is 25.7. The van der Waals surface area contributed by atoms with Gasteiger partial charge < -0.3 is 0 Å². The smallest absolute Gasteiger partial charge is 0.0910 e. The van der Waals surface area contributed by atoms with Gasteiger partial charge in [0.05, 0.1) is 17.4 Å². The van der Waals surface area contributed by atoms with E-state index < -0.39 is 0 Å². The van der Waals surface area contributed by atoms with Gasteiger partial charge in [0.1, 0.15) is 0 Å². The second-order valence-electron chi connectivity index (χ2n) is 2.94. The van der Waals surface area contributed by atoms with E-state index in [1.807, 2.05) is 27.7 Å². The summed E-state index contributed by atoms with van der Waals surface area (Å²) in [6, 6.07) is 0.0127. The summed E-state index contributed by atoms with van der Waals surface area (Å²) >= 11 is 0. The third-order valence-corrected chi connectivity index (χ3v) is 2.18. The Morgan fingerprint density at radius 1 is 1.36 bits per heavy atom. The van der Waals surface area contributed by atoms with Crippen molar-refractivity contribution in [1.82, 2.24) is 5.06 Å². The summed E-state index contributed by atoms with van der Waals surface area (Å²) in [5, 5.41) is 10.7. The highest BCUT2D eigenvalue weighted by Crippen LogP contribution is 2.18. The van der Waals surface area contributed by atoms with E-state index >= 15 is 0 Å². The number of nitrogens with zero attached hydrogens (tertiary/aromatic N) is 2. The van der Waals surface area contributed by atoms with Crippen molar-refractivity contribution in [2.75, 3.05) is 0 Å². The summed E-state index contributed by atoms with van der Waals surface area (Å²) in [4.78, 5) is 4.29. The average Bonchev–Trinajstić information content (AvgIpc) is 1.97. The van der Waals surface area contributed by atoms with E-state index in [-0.39, 0.29) is 6.04 Å². The number of rotatable bonds is 0. The van der Waals surface area contributed by atoms with Crippen molar-refractivity contribution in [3.05, 3.63) is 11.4 Å². The molecule has 0 saturated heterocycles. The molecule has 1 unspecified atom stereocenters. The third kappa shape index (κ3) is 1.28. The fraction of sp³-hybridized carbons (Fsp3) is 0.625. The van der Waals surface area contributed by atoms with E-state index in [2.05, 4.69) is 4.99 Å². The molecule has 0 aromatic carbocycles. The maximum atomic E-state index is 9.48. The number of hydrogen-bond donors (Lipinski definition) is 1. The first-order valence-electron chi connectivity index (χ1n) is 3.75. The molecule has 11 heavy (non-hydrogen) atoms. The fourth-order valence-electron chi connectivity index (χ4n) is 1.07. The summed E-state index contributed by atoms with van der Waals surface area (Å²) in [5.41, 5.74) is 2.68. The van der Waals surface area contributed by atoms with Gasteiger partial charge in [-0.1, -0.05) is 0 Å². The molecule has 0 fully saturated rings. The minimum absolute atomic E-state index is 0.0127. The highest BCUT2D eigenvalue weighted by Gasteiger charge is 2.20. The van der Waals surface area contributed by atoms with E-state index in [1.165, 1.54) is 5.06 Å². The molecule has 1 N–H and O–H groups in total. The Morgan fingerprint density at radius 3 is 2.45 bits per heavy atom. The van der Waals surface area contributed by atoms with Crippen LogP contribution in [-0.4, -0.2) is 22.0 Å². The zero-order valence-electron chi connectivity index (χ0n) is 7.42. The molecule has 62 valence electrons. The van der Waals surface area contributed by atoms with E-state index in [0.717, 1.165) is 17.1 Å². The van der Waals surface area contributed by atoms with E-state index in [0.29, 0.717) is 0 Å². The van der Waals surface area contributed by atoms with Gasteiger partial charge in [0.15, 0.2) is 0 Å². The maximum absolute atomic E-state index is 9.48. The van der Waals surface area contributed by atoms with Crippen LogP contribution in [0.25, 0.3) is 0 Å². The summed E-state index contributed by atoms with van der Waals surface area (Å²) in [6.07, 6.45) is 0. The van der Waals surface area contributed by atoms with Crippen molar-refractivity contribution in [2.24, 2.45) is 4.99 Å². The standard InChI is InChI=1S/C8H14N2O/c1-5-7(3)10(11)8(4)6(2)9-5/h7,11H,1-4H3. The Labute approximate surface area is 67.0 Å². The van der Waals surface area contributed by atoms with Crippen molar-refractivity contribution in [3.63, 3.8) is 0 Å². The van der Waals surface area contributed by atoms with Gasteiger partial charge in [-0.2, -0.15) is 0 Å². The molecule has 1 heterocycles. The molecule has 0 aromatic rings. The highest BCUT2D eigenvalue weighted by molar-refractivity contribution is 5.88. The first-order chi connectivity index (χ1) is 5.04. The van der Waals surface area contributed by atoms with Crippen molar-refractivity contribution in [1.29, 1.82) is 0 Å². The Morgan fingerprint density at radius 2 is 1.91 bits per heavy atom. The van der Waals surface area contributed by atoms with Crippen LogP contribution < -0.4 is 0 Å².